The molecule has 0 bridgehead atoms. The van der Waals surface area contributed by atoms with Gasteiger partial charge in [-0.15, -0.1) is 0 Å². The van der Waals surface area contributed by atoms with Crippen molar-refractivity contribution in [3.63, 3.8) is 0 Å². The van der Waals surface area contributed by atoms with E-state index in [2.05, 4.69) is 20.2 Å². The molecular formula is C13H15FN4O2S. The van der Waals surface area contributed by atoms with Crippen LogP contribution in [0.1, 0.15) is 16.8 Å². The molecule has 1 aliphatic heterocycles. The van der Waals surface area contributed by atoms with E-state index in [4.69, 9.17) is 0 Å². The molecule has 0 unspecified atom stereocenters. The highest BCUT2D eigenvalue weighted by Gasteiger charge is 2.22. The van der Waals surface area contributed by atoms with E-state index in [1.807, 2.05) is 0 Å². The molecule has 1 aromatic carbocycles. The summed E-state index contributed by atoms with van der Waals surface area (Å²) in [4.78, 5) is -0.119. The van der Waals surface area contributed by atoms with Crippen LogP contribution in [0.2, 0.25) is 0 Å². The van der Waals surface area contributed by atoms with Crippen molar-refractivity contribution in [3.05, 3.63) is 40.8 Å². The molecule has 2 aromatic rings. The molecule has 0 saturated carbocycles. The molecule has 0 amide bonds. The first-order chi connectivity index (χ1) is 9.97. The second kappa shape index (κ2) is 5.12. The third-order valence-corrected chi connectivity index (χ3v) is 4.83. The minimum Gasteiger partial charge on any atom is -0.312 e. The summed E-state index contributed by atoms with van der Waals surface area (Å²) in [5.41, 5.74) is 2.12. The maximum absolute atomic E-state index is 13.5. The molecule has 3 N–H and O–H groups in total. The van der Waals surface area contributed by atoms with Crippen LogP contribution in [0.15, 0.2) is 23.1 Å². The van der Waals surface area contributed by atoms with Crippen molar-refractivity contribution in [2.24, 2.45) is 0 Å². The molecule has 3 rings (SSSR count). The fourth-order valence-electron chi connectivity index (χ4n) is 2.24. The van der Waals surface area contributed by atoms with E-state index >= 15 is 0 Å². The number of nitrogens with zero attached hydrogens (tertiary/aromatic N) is 1. The molecule has 21 heavy (non-hydrogen) atoms. The van der Waals surface area contributed by atoms with Gasteiger partial charge in [0.2, 0.25) is 0 Å². The van der Waals surface area contributed by atoms with Crippen molar-refractivity contribution in [1.29, 1.82) is 0 Å². The van der Waals surface area contributed by atoms with Gasteiger partial charge in [0.15, 0.2) is 5.82 Å². The Kier molecular flexibility index (Phi) is 3.42. The number of fused-ring (bicyclic) bond motifs is 1. The lowest BCUT2D eigenvalue weighted by Gasteiger charge is -2.13. The lowest BCUT2D eigenvalue weighted by molar-refractivity contribution is 0.592. The van der Waals surface area contributed by atoms with E-state index in [9.17, 15) is 12.8 Å². The van der Waals surface area contributed by atoms with Crippen LogP contribution in [-0.2, 0) is 23.0 Å². The average Bonchev–Trinajstić information content (AvgIpc) is 2.85. The van der Waals surface area contributed by atoms with E-state index < -0.39 is 15.8 Å². The van der Waals surface area contributed by atoms with Crippen molar-refractivity contribution >= 4 is 15.8 Å². The number of aromatic amines is 1. The third kappa shape index (κ3) is 2.64. The van der Waals surface area contributed by atoms with E-state index in [0.717, 1.165) is 30.3 Å². The first kappa shape index (κ1) is 14.0. The fraction of sp³-hybridized carbons (Fsp3) is 0.308. The molecule has 0 spiro atoms. The molecule has 1 aliphatic rings. The third-order valence-electron chi connectivity index (χ3n) is 3.49. The van der Waals surface area contributed by atoms with Gasteiger partial charge < -0.3 is 5.32 Å². The van der Waals surface area contributed by atoms with E-state index in [1.165, 1.54) is 12.1 Å². The van der Waals surface area contributed by atoms with Gasteiger partial charge in [-0.1, -0.05) is 6.07 Å². The molecule has 1 aromatic heterocycles. The Hall–Kier alpha value is -1.93. The number of H-pyrrole nitrogens is 1. The van der Waals surface area contributed by atoms with E-state index in [-0.39, 0.29) is 10.7 Å². The normalized spacial score (nSPS) is 14.8. The predicted octanol–water partition coefficient (Wildman–Crippen LogP) is 1.30. The number of hydrogen-bond acceptors (Lipinski definition) is 4. The summed E-state index contributed by atoms with van der Waals surface area (Å²) in [6.45, 7) is 2.95. The van der Waals surface area contributed by atoms with Crippen molar-refractivity contribution in [2.45, 2.75) is 24.8 Å². The summed E-state index contributed by atoms with van der Waals surface area (Å²) < 4.78 is 40.5. The van der Waals surface area contributed by atoms with Gasteiger partial charge in [0.25, 0.3) is 10.0 Å². The Morgan fingerprint density at radius 3 is 2.95 bits per heavy atom. The van der Waals surface area contributed by atoms with Crippen LogP contribution in [-0.4, -0.2) is 25.2 Å². The van der Waals surface area contributed by atoms with Gasteiger partial charge in [0, 0.05) is 30.8 Å². The molecule has 6 nitrogen and oxygen atoms in total. The highest BCUT2D eigenvalue weighted by atomic mass is 32.2. The second-order valence-corrected chi connectivity index (χ2v) is 6.65. The topological polar surface area (TPSA) is 86.9 Å². The summed E-state index contributed by atoms with van der Waals surface area (Å²) in [5, 5.41) is 9.98. The first-order valence-corrected chi connectivity index (χ1v) is 8.01. The first-order valence-electron chi connectivity index (χ1n) is 6.53. The Bertz CT molecular complexity index is 785. The van der Waals surface area contributed by atoms with Gasteiger partial charge in [-0.05, 0) is 24.6 Å². The predicted molar refractivity (Wildman–Crippen MR) is 75.9 cm³/mol. The van der Waals surface area contributed by atoms with Crippen LogP contribution in [0.4, 0.5) is 10.2 Å². The summed E-state index contributed by atoms with van der Waals surface area (Å²) in [6.07, 6.45) is 0.767. The second-order valence-electron chi connectivity index (χ2n) is 4.97. The summed E-state index contributed by atoms with van der Waals surface area (Å²) in [5.74, 6) is -0.290. The Labute approximate surface area is 121 Å². The average molecular weight is 310 g/mol. The lowest BCUT2D eigenvalue weighted by Crippen LogP contribution is -2.24. The van der Waals surface area contributed by atoms with Crippen molar-refractivity contribution < 1.29 is 12.8 Å². The van der Waals surface area contributed by atoms with Crippen LogP contribution < -0.4 is 10.0 Å². The highest BCUT2D eigenvalue weighted by molar-refractivity contribution is 7.92. The van der Waals surface area contributed by atoms with E-state index in [0.29, 0.717) is 12.1 Å². The van der Waals surface area contributed by atoms with Crippen LogP contribution in [0.5, 0.6) is 0 Å². The fourth-order valence-corrected chi connectivity index (χ4v) is 3.28. The Morgan fingerprint density at radius 2 is 2.19 bits per heavy atom. The number of sulfonamides is 1. The lowest BCUT2D eigenvalue weighted by atomic mass is 10.1. The van der Waals surface area contributed by atoms with Gasteiger partial charge in [0.05, 0.1) is 4.90 Å². The van der Waals surface area contributed by atoms with Gasteiger partial charge in [-0.25, -0.2) is 12.8 Å². The molecule has 0 saturated heterocycles. The number of aryl methyl sites for hydroxylation is 1. The molecule has 8 heteroatoms. The molecule has 0 aliphatic carbocycles. The zero-order valence-corrected chi connectivity index (χ0v) is 12.2. The van der Waals surface area contributed by atoms with Gasteiger partial charge in [-0.3, -0.25) is 9.82 Å². The van der Waals surface area contributed by atoms with Crippen molar-refractivity contribution in [2.75, 3.05) is 11.3 Å². The molecule has 0 radical (unpaired) electrons. The molecule has 0 fully saturated rings. The van der Waals surface area contributed by atoms with Gasteiger partial charge in [-0.2, -0.15) is 5.10 Å². The summed E-state index contributed by atoms with van der Waals surface area (Å²) >= 11 is 0. The number of anilines is 1. The number of nitrogens with one attached hydrogen (secondary N) is 3. The number of hydrogen-bond donors (Lipinski definition) is 3. The van der Waals surface area contributed by atoms with Crippen molar-refractivity contribution in [1.82, 2.24) is 15.5 Å². The van der Waals surface area contributed by atoms with Crippen LogP contribution in [0.25, 0.3) is 0 Å². The van der Waals surface area contributed by atoms with Gasteiger partial charge in [0.1, 0.15) is 5.82 Å². The standard InChI is InChI=1S/C13H15FN4O2S/c1-8-2-3-9(6-11(8)14)21(19,20)18-13-10-7-15-5-4-12(10)16-17-13/h2-3,6,15H,4-5,7H2,1H3,(H2,16,17,18). The maximum Gasteiger partial charge on any atom is 0.263 e. The smallest absolute Gasteiger partial charge is 0.263 e. The SMILES string of the molecule is Cc1ccc(S(=O)(=O)Nc2n[nH]c3c2CNCC3)cc1F. The molecule has 2 heterocycles. The van der Waals surface area contributed by atoms with Crippen LogP contribution >= 0.6 is 0 Å². The molecular weight excluding hydrogens is 295 g/mol. The largest absolute Gasteiger partial charge is 0.312 e. The minimum atomic E-state index is -3.86. The minimum absolute atomic E-state index is 0.119. The van der Waals surface area contributed by atoms with E-state index in [1.54, 1.807) is 6.92 Å². The Balaban J connectivity index is 1.92. The quantitative estimate of drug-likeness (QED) is 0.797. The van der Waals surface area contributed by atoms with Crippen LogP contribution in [0, 0.1) is 12.7 Å². The summed E-state index contributed by atoms with van der Waals surface area (Å²) in [6, 6.07) is 3.82. The Morgan fingerprint density at radius 1 is 1.38 bits per heavy atom. The number of rotatable bonds is 3. The maximum atomic E-state index is 13.5. The number of benzene rings is 1. The molecule has 0 atom stereocenters. The monoisotopic (exact) mass is 310 g/mol. The zero-order valence-electron chi connectivity index (χ0n) is 11.4. The molecule has 112 valence electrons. The zero-order chi connectivity index (χ0) is 15.0. The number of halogens is 1. The summed E-state index contributed by atoms with van der Waals surface area (Å²) in [7, 11) is -3.86. The van der Waals surface area contributed by atoms with Crippen molar-refractivity contribution in [3.8, 4) is 0 Å². The van der Waals surface area contributed by atoms with Crippen LogP contribution in [0.3, 0.4) is 0 Å². The highest BCUT2D eigenvalue weighted by Crippen LogP contribution is 2.23. The number of aromatic nitrogens is 2. The van der Waals surface area contributed by atoms with Gasteiger partial charge >= 0.3 is 0 Å².